The number of likely N-dealkylation sites (tertiary alicyclic amines) is 1. The quantitative estimate of drug-likeness (QED) is 0.782. The molecule has 0 bridgehead atoms. The van der Waals surface area contributed by atoms with E-state index < -0.39 is 0 Å². The SMILES string of the molecule is O=C(c1ccc2cccc(O)c2n1)N1CC(Oc2ccc(Cl)cc2)C1. The van der Waals surface area contributed by atoms with Crippen LogP contribution in [0.5, 0.6) is 11.5 Å². The van der Waals surface area contributed by atoms with Crippen molar-refractivity contribution in [1.29, 1.82) is 0 Å². The molecule has 1 fully saturated rings. The molecule has 6 heteroatoms. The Morgan fingerprint density at radius 2 is 1.88 bits per heavy atom. The molecule has 126 valence electrons. The largest absolute Gasteiger partial charge is 0.506 e. The number of aromatic hydroxyl groups is 1. The number of aromatic nitrogens is 1. The molecule has 5 nitrogen and oxygen atoms in total. The number of para-hydroxylation sites is 1. The minimum absolute atomic E-state index is 0.0426. The number of halogens is 1. The Bertz CT molecular complexity index is 937. The van der Waals surface area contributed by atoms with Gasteiger partial charge in [0.05, 0.1) is 13.1 Å². The molecule has 1 aliphatic heterocycles. The molecular formula is C19H15ClN2O3. The van der Waals surface area contributed by atoms with Gasteiger partial charge in [-0.2, -0.15) is 0 Å². The Kier molecular flexibility index (Phi) is 3.93. The number of carbonyl (C=O) groups excluding carboxylic acids is 1. The fourth-order valence-corrected chi connectivity index (χ4v) is 2.92. The molecule has 4 rings (SSSR count). The van der Waals surface area contributed by atoms with Crippen molar-refractivity contribution < 1.29 is 14.6 Å². The molecule has 25 heavy (non-hydrogen) atoms. The van der Waals surface area contributed by atoms with Crippen molar-refractivity contribution in [3.8, 4) is 11.5 Å². The van der Waals surface area contributed by atoms with Gasteiger partial charge in [-0.15, -0.1) is 0 Å². The molecule has 1 aromatic heterocycles. The standard InChI is InChI=1S/C19H15ClN2O3/c20-13-5-7-14(8-6-13)25-15-10-22(11-15)19(24)16-9-4-12-2-1-3-17(23)18(12)21-16/h1-9,15,23H,10-11H2. The lowest BCUT2D eigenvalue weighted by atomic mass is 10.1. The fraction of sp³-hybridized carbons (Fsp3) is 0.158. The van der Waals surface area contributed by atoms with Gasteiger partial charge in [-0.3, -0.25) is 4.79 Å². The van der Waals surface area contributed by atoms with Gasteiger partial charge in [0.1, 0.15) is 28.8 Å². The molecule has 0 saturated carbocycles. The second kappa shape index (κ2) is 6.26. The average molecular weight is 355 g/mol. The van der Waals surface area contributed by atoms with Crippen molar-refractivity contribution in [1.82, 2.24) is 9.88 Å². The monoisotopic (exact) mass is 354 g/mol. The van der Waals surface area contributed by atoms with E-state index in [9.17, 15) is 9.90 Å². The summed E-state index contributed by atoms with van der Waals surface area (Å²) in [4.78, 5) is 18.5. The normalized spacial score (nSPS) is 14.4. The van der Waals surface area contributed by atoms with E-state index in [2.05, 4.69) is 4.98 Å². The predicted octanol–water partition coefficient (Wildman–Crippen LogP) is 3.50. The van der Waals surface area contributed by atoms with Crippen LogP contribution in [0.25, 0.3) is 10.9 Å². The van der Waals surface area contributed by atoms with Crippen LogP contribution >= 0.6 is 11.6 Å². The van der Waals surface area contributed by atoms with Gasteiger partial charge in [0, 0.05) is 10.4 Å². The third-order valence-electron chi connectivity index (χ3n) is 4.17. The van der Waals surface area contributed by atoms with E-state index in [0.29, 0.717) is 29.3 Å². The Balaban J connectivity index is 1.43. The van der Waals surface area contributed by atoms with Crippen LogP contribution in [0.4, 0.5) is 0 Å². The van der Waals surface area contributed by atoms with Gasteiger partial charge >= 0.3 is 0 Å². The van der Waals surface area contributed by atoms with E-state index in [1.807, 2.05) is 6.07 Å². The van der Waals surface area contributed by atoms with Crippen LogP contribution < -0.4 is 4.74 Å². The Morgan fingerprint density at radius 1 is 1.12 bits per heavy atom. The number of hydrogen-bond acceptors (Lipinski definition) is 4. The molecule has 3 aromatic rings. The number of phenols is 1. The number of fused-ring (bicyclic) bond motifs is 1. The zero-order chi connectivity index (χ0) is 17.4. The number of hydrogen-bond donors (Lipinski definition) is 1. The van der Waals surface area contributed by atoms with Crippen LogP contribution in [-0.2, 0) is 0 Å². The fourth-order valence-electron chi connectivity index (χ4n) is 2.80. The van der Waals surface area contributed by atoms with E-state index in [1.54, 1.807) is 53.4 Å². The molecule has 1 amide bonds. The third-order valence-corrected chi connectivity index (χ3v) is 4.42. The second-order valence-corrected chi connectivity index (χ2v) is 6.39. The van der Waals surface area contributed by atoms with Crippen LogP contribution in [0, 0.1) is 0 Å². The van der Waals surface area contributed by atoms with Crippen molar-refractivity contribution in [2.24, 2.45) is 0 Å². The van der Waals surface area contributed by atoms with Crippen molar-refractivity contribution in [2.75, 3.05) is 13.1 Å². The van der Waals surface area contributed by atoms with Crippen LogP contribution in [-0.4, -0.2) is 40.1 Å². The summed E-state index contributed by atoms with van der Waals surface area (Å²) < 4.78 is 5.80. The van der Waals surface area contributed by atoms with Crippen molar-refractivity contribution in [3.63, 3.8) is 0 Å². The van der Waals surface area contributed by atoms with Crippen molar-refractivity contribution in [3.05, 3.63) is 65.3 Å². The lowest BCUT2D eigenvalue weighted by molar-refractivity contribution is 0.0174. The van der Waals surface area contributed by atoms with Gasteiger partial charge in [-0.05, 0) is 36.4 Å². The zero-order valence-corrected chi connectivity index (χ0v) is 14.0. The summed E-state index contributed by atoms with van der Waals surface area (Å²) in [7, 11) is 0. The minimum atomic E-state index is -0.166. The van der Waals surface area contributed by atoms with E-state index in [1.165, 1.54) is 0 Å². The lowest BCUT2D eigenvalue weighted by Gasteiger charge is -2.38. The molecule has 2 heterocycles. The number of carbonyl (C=O) groups is 1. The molecule has 1 saturated heterocycles. The summed E-state index contributed by atoms with van der Waals surface area (Å²) >= 11 is 5.85. The summed E-state index contributed by atoms with van der Waals surface area (Å²) in [5.41, 5.74) is 0.752. The number of phenolic OH excluding ortho intramolecular Hbond substituents is 1. The highest BCUT2D eigenvalue weighted by molar-refractivity contribution is 6.30. The van der Waals surface area contributed by atoms with Gasteiger partial charge in [0.2, 0.25) is 0 Å². The summed E-state index contributed by atoms with van der Waals surface area (Å²) in [5, 5.41) is 11.3. The molecule has 1 aliphatic rings. The van der Waals surface area contributed by atoms with E-state index in [4.69, 9.17) is 16.3 Å². The van der Waals surface area contributed by atoms with Crippen LogP contribution in [0.3, 0.4) is 0 Å². The zero-order valence-electron chi connectivity index (χ0n) is 13.2. The number of ether oxygens (including phenoxy) is 1. The van der Waals surface area contributed by atoms with Gasteiger partial charge < -0.3 is 14.7 Å². The Hall–Kier alpha value is -2.79. The predicted molar refractivity (Wildman–Crippen MR) is 95.2 cm³/mol. The molecule has 0 spiro atoms. The number of pyridine rings is 1. The number of rotatable bonds is 3. The summed E-state index contributed by atoms with van der Waals surface area (Å²) in [6.07, 6.45) is -0.0426. The minimum Gasteiger partial charge on any atom is -0.506 e. The van der Waals surface area contributed by atoms with Crippen molar-refractivity contribution >= 4 is 28.4 Å². The summed E-state index contributed by atoms with van der Waals surface area (Å²) in [6.45, 7) is 1.00. The van der Waals surface area contributed by atoms with Gasteiger partial charge in [-0.1, -0.05) is 29.8 Å². The average Bonchev–Trinajstić information content (AvgIpc) is 2.59. The molecule has 0 radical (unpaired) electrons. The topological polar surface area (TPSA) is 62.7 Å². The van der Waals surface area contributed by atoms with E-state index in [-0.39, 0.29) is 17.8 Å². The maximum atomic E-state index is 12.5. The number of benzene rings is 2. The molecular weight excluding hydrogens is 340 g/mol. The van der Waals surface area contributed by atoms with Gasteiger partial charge in [0.15, 0.2) is 0 Å². The molecule has 1 N–H and O–H groups in total. The molecule has 0 unspecified atom stereocenters. The Labute approximate surface area is 149 Å². The maximum absolute atomic E-state index is 12.5. The summed E-state index contributed by atoms with van der Waals surface area (Å²) in [6, 6.07) is 15.8. The first-order valence-corrected chi connectivity index (χ1v) is 8.28. The second-order valence-electron chi connectivity index (χ2n) is 5.95. The smallest absolute Gasteiger partial charge is 0.272 e. The summed E-state index contributed by atoms with van der Waals surface area (Å²) in [5.74, 6) is 0.635. The lowest BCUT2D eigenvalue weighted by Crippen LogP contribution is -2.56. The van der Waals surface area contributed by atoms with Crippen LogP contribution in [0.2, 0.25) is 5.02 Å². The van der Waals surface area contributed by atoms with Gasteiger partial charge in [-0.25, -0.2) is 4.98 Å². The number of nitrogens with zero attached hydrogens (tertiary/aromatic N) is 2. The molecule has 0 aliphatic carbocycles. The maximum Gasteiger partial charge on any atom is 0.272 e. The number of amides is 1. The van der Waals surface area contributed by atoms with Gasteiger partial charge in [0.25, 0.3) is 5.91 Å². The van der Waals surface area contributed by atoms with E-state index in [0.717, 1.165) is 11.1 Å². The highest BCUT2D eigenvalue weighted by Gasteiger charge is 2.33. The molecule has 2 aromatic carbocycles. The van der Waals surface area contributed by atoms with Crippen LogP contribution in [0.15, 0.2) is 54.6 Å². The third kappa shape index (κ3) is 3.10. The Morgan fingerprint density at radius 3 is 2.64 bits per heavy atom. The first kappa shape index (κ1) is 15.7. The van der Waals surface area contributed by atoms with E-state index >= 15 is 0 Å². The van der Waals surface area contributed by atoms with Crippen molar-refractivity contribution in [2.45, 2.75) is 6.10 Å². The highest BCUT2D eigenvalue weighted by atomic mass is 35.5. The molecule has 0 atom stereocenters. The van der Waals surface area contributed by atoms with Crippen LogP contribution in [0.1, 0.15) is 10.5 Å². The first-order chi connectivity index (χ1) is 12.1. The highest BCUT2D eigenvalue weighted by Crippen LogP contribution is 2.24. The first-order valence-electron chi connectivity index (χ1n) is 7.90.